The van der Waals surface area contributed by atoms with Crippen molar-refractivity contribution < 1.29 is 14.7 Å². The Morgan fingerprint density at radius 1 is 1.04 bits per heavy atom. The summed E-state index contributed by atoms with van der Waals surface area (Å²) in [6.45, 7) is 4.50. The largest absolute Gasteiger partial charge is 0.457 e. The summed E-state index contributed by atoms with van der Waals surface area (Å²) >= 11 is 0. The number of fused-ring (bicyclic) bond motifs is 3. The molecule has 2 heterocycles. The number of benzene rings is 2. The van der Waals surface area contributed by atoms with Crippen LogP contribution in [0, 0.1) is 5.41 Å². The van der Waals surface area contributed by atoms with E-state index in [4.69, 9.17) is 9.57 Å². The molecule has 4 nitrogen and oxygen atoms in total. The molecule has 0 aromatic heterocycles. The van der Waals surface area contributed by atoms with E-state index in [0.717, 1.165) is 30.0 Å². The van der Waals surface area contributed by atoms with Crippen LogP contribution in [0.15, 0.2) is 54.6 Å². The number of anilines is 1. The second-order valence-electron chi connectivity index (χ2n) is 7.39. The molecule has 3 aliphatic rings. The van der Waals surface area contributed by atoms with Crippen LogP contribution in [0.3, 0.4) is 0 Å². The lowest BCUT2D eigenvalue weighted by Crippen LogP contribution is -2.63. The van der Waals surface area contributed by atoms with Gasteiger partial charge in [0, 0.05) is 0 Å². The topological polar surface area (TPSA) is 41.9 Å². The molecule has 3 fully saturated rings. The summed E-state index contributed by atoms with van der Waals surface area (Å²) in [5.41, 5.74) is 1.13. The average molecular weight is 325 g/mol. The summed E-state index contributed by atoms with van der Waals surface area (Å²) in [5.74, 6) is 1.62. The average Bonchev–Trinajstić information content (AvgIpc) is 2.57. The molecule has 126 valence electrons. The zero-order valence-corrected chi connectivity index (χ0v) is 14.1. The molecular formula is C20H23NO3. The van der Waals surface area contributed by atoms with Gasteiger partial charge in [0.2, 0.25) is 0 Å². The molecule has 4 heteroatoms. The van der Waals surface area contributed by atoms with E-state index in [1.165, 1.54) is 0 Å². The predicted molar refractivity (Wildman–Crippen MR) is 93.1 cm³/mol. The van der Waals surface area contributed by atoms with Gasteiger partial charge in [-0.2, -0.15) is 0 Å². The van der Waals surface area contributed by atoms with Crippen molar-refractivity contribution >= 4 is 5.69 Å². The fourth-order valence-corrected chi connectivity index (χ4v) is 3.76. The molecule has 1 aliphatic carbocycles. The van der Waals surface area contributed by atoms with Crippen LogP contribution in [0.1, 0.15) is 26.7 Å². The summed E-state index contributed by atoms with van der Waals surface area (Å²) < 4.78 is 5.84. The quantitative estimate of drug-likeness (QED) is 0.920. The SMILES string of the molecule is CC1(C)C[C@H]2ON(c3ccc(Oc4ccccc4)cc3)[C@@H]1C[C@@H]2O. The van der Waals surface area contributed by atoms with Crippen molar-refractivity contribution in [1.29, 1.82) is 0 Å². The van der Waals surface area contributed by atoms with Crippen LogP contribution < -0.4 is 9.80 Å². The Morgan fingerprint density at radius 3 is 2.38 bits per heavy atom. The van der Waals surface area contributed by atoms with E-state index in [1.807, 2.05) is 59.7 Å². The normalized spacial score (nSPS) is 28.0. The van der Waals surface area contributed by atoms with Crippen molar-refractivity contribution in [2.45, 2.75) is 44.9 Å². The van der Waals surface area contributed by atoms with Gasteiger partial charge in [-0.15, -0.1) is 0 Å². The molecule has 24 heavy (non-hydrogen) atoms. The van der Waals surface area contributed by atoms with E-state index in [2.05, 4.69) is 13.8 Å². The zero-order valence-electron chi connectivity index (χ0n) is 14.1. The highest BCUT2D eigenvalue weighted by atomic mass is 16.7. The number of hydrogen-bond donors (Lipinski definition) is 1. The first-order valence-electron chi connectivity index (χ1n) is 8.50. The number of aliphatic hydroxyl groups is 1. The Bertz CT molecular complexity index is 699. The number of nitrogens with zero attached hydrogens (tertiary/aromatic N) is 1. The molecule has 2 aliphatic heterocycles. The van der Waals surface area contributed by atoms with Gasteiger partial charge in [-0.1, -0.05) is 32.0 Å². The van der Waals surface area contributed by atoms with E-state index in [9.17, 15) is 5.11 Å². The maximum absolute atomic E-state index is 10.1. The Kier molecular flexibility index (Phi) is 3.74. The molecule has 5 rings (SSSR count). The van der Waals surface area contributed by atoms with Crippen molar-refractivity contribution in [3.8, 4) is 11.5 Å². The summed E-state index contributed by atoms with van der Waals surface area (Å²) in [4.78, 5) is 6.02. The van der Waals surface area contributed by atoms with E-state index in [-0.39, 0.29) is 23.7 Å². The van der Waals surface area contributed by atoms with Crippen LogP contribution in [0.25, 0.3) is 0 Å². The zero-order chi connectivity index (χ0) is 16.7. The lowest BCUT2D eigenvalue weighted by molar-refractivity contribution is -0.172. The van der Waals surface area contributed by atoms with Crippen molar-refractivity contribution in [2.75, 3.05) is 5.06 Å². The first kappa shape index (κ1) is 15.5. The Labute approximate surface area is 142 Å². The number of para-hydroxylation sites is 1. The van der Waals surface area contributed by atoms with E-state index in [1.54, 1.807) is 0 Å². The first-order chi connectivity index (χ1) is 11.5. The van der Waals surface area contributed by atoms with Crippen LogP contribution in [0.2, 0.25) is 0 Å². The number of aliphatic hydroxyl groups excluding tert-OH is 1. The minimum Gasteiger partial charge on any atom is -0.457 e. The highest BCUT2D eigenvalue weighted by Crippen LogP contribution is 2.47. The Morgan fingerprint density at radius 2 is 1.71 bits per heavy atom. The minimum absolute atomic E-state index is 0.120. The van der Waals surface area contributed by atoms with Crippen molar-refractivity contribution in [3.05, 3.63) is 54.6 Å². The molecule has 0 spiro atoms. The van der Waals surface area contributed by atoms with Gasteiger partial charge in [0.1, 0.15) is 17.6 Å². The highest BCUT2D eigenvalue weighted by Gasteiger charge is 2.51. The molecule has 2 bridgehead atoms. The van der Waals surface area contributed by atoms with Crippen LogP contribution in [-0.4, -0.2) is 23.4 Å². The molecule has 1 saturated carbocycles. The van der Waals surface area contributed by atoms with E-state index >= 15 is 0 Å². The molecule has 0 radical (unpaired) electrons. The first-order valence-corrected chi connectivity index (χ1v) is 8.50. The maximum atomic E-state index is 10.1. The van der Waals surface area contributed by atoms with Crippen LogP contribution in [0.4, 0.5) is 5.69 Å². The standard InChI is InChI=1S/C20H23NO3/c1-20(2)13-18-17(22)12-19(20)21(24-18)14-8-10-16(11-9-14)23-15-6-4-3-5-7-15/h3-11,17-19,22H,12-13H2,1-2H3/t17-,18+,19+/m0/s1. The van der Waals surface area contributed by atoms with Gasteiger partial charge < -0.3 is 9.84 Å². The molecule has 3 atom stereocenters. The van der Waals surface area contributed by atoms with Gasteiger partial charge in [0.15, 0.2) is 0 Å². The Hall–Kier alpha value is -2.04. The second kappa shape index (κ2) is 5.80. The molecule has 0 amide bonds. The molecule has 2 aromatic rings. The molecule has 2 saturated heterocycles. The summed E-state index contributed by atoms with van der Waals surface area (Å²) in [7, 11) is 0. The number of ether oxygens (including phenoxy) is 1. The monoisotopic (exact) mass is 325 g/mol. The second-order valence-corrected chi connectivity index (χ2v) is 7.39. The van der Waals surface area contributed by atoms with Crippen LogP contribution in [-0.2, 0) is 4.84 Å². The molecule has 1 N–H and O–H groups in total. The summed E-state index contributed by atoms with van der Waals surface area (Å²) in [6.07, 6.45) is 1.16. The van der Waals surface area contributed by atoms with E-state index in [0.29, 0.717) is 0 Å². The summed E-state index contributed by atoms with van der Waals surface area (Å²) in [5, 5.41) is 12.1. The van der Waals surface area contributed by atoms with Gasteiger partial charge in [-0.25, -0.2) is 0 Å². The van der Waals surface area contributed by atoms with Crippen LogP contribution >= 0.6 is 0 Å². The molecular weight excluding hydrogens is 302 g/mol. The van der Waals surface area contributed by atoms with Gasteiger partial charge in [0.05, 0.1) is 17.8 Å². The maximum Gasteiger partial charge on any atom is 0.127 e. The third-order valence-electron chi connectivity index (χ3n) is 5.13. The Balaban J connectivity index is 1.53. The van der Waals surface area contributed by atoms with E-state index < -0.39 is 0 Å². The third-order valence-corrected chi connectivity index (χ3v) is 5.13. The van der Waals surface area contributed by atoms with Crippen LogP contribution in [0.5, 0.6) is 11.5 Å². The number of hydroxylamine groups is 1. The van der Waals surface area contributed by atoms with Gasteiger partial charge in [-0.05, 0) is 54.7 Å². The smallest absolute Gasteiger partial charge is 0.127 e. The molecule has 2 aromatic carbocycles. The van der Waals surface area contributed by atoms with Crippen molar-refractivity contribution in [2.24, 2.45) is 5.41 Å². The lowest BCUT2D eigenvalue weighted by atomic mass is 9.69. The highest BCUT2D eigenvalue weighted by molar-refractivity contribution is 5.49. The van der Waals surface area contributed by atoms with Gasteiger partial charge in [0.25, 0.3) is 0 Å². The molecule has 0 unspecified atom stereocenters. The minimum atomic E-state index is -0.361. The number of rotatable bonds is 3. The van der Waals surface area contributed by atoms with Crippen molar-refractivity contribution in [3.63, 3.8) is 0 Å². The lowest BCUT2D eigenvalue weighted by Gasteiger charge is -2.55. The number of hydrogen-bond acceptors (Lipinski definition) is 4. The van der Waals surface area contributed by atoms with Gasteiger partial charge in [-0.3, -0.25) is 9.90 Å². The fraction of sp³-hybridized carbons (Fsp3) is 0.400. The van der Waals surface area contributed by atoms with Crippen molar-refractivity contribution in [1.82, 2.24) is 0 Å². The third kappa shape index (κ3) is 2.76. The predicted octanol–water partition coefficient (Wildman–Crippen LogP) is 4.15. The van der Waals surface area contributed by atoms with Gasteiger partial charge >= 0.3 is 0 Å². The fourth-order valence-electron chi connectivity index (χ4n) is 3.76. The summed E-state index contributed by atoms with van der Waals surface area (Å²) in [6, 6.07) is 17.9.